The summed E-state index contributed by atoms with van der Waals surface area (Å²) in [6.45, 7) is 8.12. The molecule has 140 valence electrons. The zero-order valence-electron chi connectivity index (χ0n) is 16.5. The largest absolute Gasteiger partial charge is 0.332 e. The third-order valence-electron chi connectivity index (χ3n) is 5.45. The minimum absolute atomic E-state index is 0.0244. The molecule has 0 spiro atoms. The molecule has 0 saturated carbocycles. The van der Waals surface area contributed by atoms with E-state index in [2.05, 4.69) is 36.2 Å². The molecule has 2 aliphatic heterocycles. The average molecular weight is 356 g/mol. The van der Waals surface area contributed by atoms with Gasteiger partial charge in [0.1, 0.15) is 0 Å². The Morgan fingerprint density at radius 2 is 1.77 bits per heavy atom. The Balaban J connectivity index is 2.01. The molecule has 2 aliphatic rings. The van der Waals surface area contributed by atoms with E-state index in [-0.39, 0.29) is 18.0 Å². The molecule has 0 aromatic heterocycles. The van der Waals surface area contributed by atoms with Gasteiger partial charge in [-0.05, 0) is 57.1 Å². The summed E-state index contributed by atoms with van der Waals surface area (Å²) in [5, 5.41) is 3.03. The van der Waals surface area contributed by atoms with E-state index in [4.69, 9.17) is 0 Å². The van der Waals surface area contributed by atoms with Crippen LogP contribution in [0.25, 0.3) is 0 Å². The number of urea groups is 1. The van der Waals surface area contributed by atoms with Crippen LogP contribution in [0.15, 0.2) is 23.4 Å². The molecule has 0 radical (unpaired) electrons. The number of rotatable bonds is 4. The molecule has 1 aromatic rings. The van der Waals surface area contributed by atoms with Gasteiger partial charge < -0.3 is 15.1 Å². The summed E-state index contributed by atoms with van der Waals surface area (Å²) in [5.74, 6) is 0.0244. The van der Waals surface area contributed by atoms with Crippen LogP contribution in [0, 0.1) is 20.8 Å². The van der Waals surface area contributed by atoms with E-state index < -0.39 is 0 Å². The van der Waals surface area contributed by atoms with E-state index >= 15 is 0 Å². The van der Waals surface area contributed by atoms with Crippen molar-refractivity contribution in [1.82, 2.24) is 20.0 Å². The Bertz CT molecular complexity index is 797. The number of amides is 3. The van der Waals surface area contributed by atoms with Gasteiger partial charge in [0.2, 0.25) is 0 Å². The lowest BCUT2D eigenvalue weighted by atomic mass is 9.90. The van der Waals surface area contributed by atoms with Crippen molar-refractivity contribution in [3.63, 3.8) is 0 Å². The lowest BCUT2D eigenvalue weighted by Gasteiger charge is -2.32. The fraction of sp³-hybridized carbons (Fsp3) is 0.500. The zero-order valence-corrected chi connectivity index (χ0v) is 16.5. The van der Waals surface area contributed by atoms with E-state index in [0.29, 0.717) is 18.7 Å². The van der Waals surface area contributed by atoms with Gasteiger partial charge in [0.15, 0.2) is 0 Å². The Hall–Kier alpha value is -2.34. The fourth-order valence-electron chi connectivity index (χ4n) is 3.65. The smallest absolute Gasteiger partial charge is 0.322 e. The molecule has 1 atom stereocenters. The van der Waals surface area contributed by atoms with Gasteiger partial charge >= 0.3 is 6.03 Å². The summed E-state index contributed by atoms with van der Waals surface area (Å²) in [6.07, 6.45) is 0. The fourth-order valence-corrected chi connectivity index (χ4v) is 3.65. The molecule has 2 heterocycles. The lowest BCUT2D eigenvalue weighted by molar-refractivity contribution is -0.125. The molecule has 0 fully saturated rings. The van der Waals surface area contributed by atoms with E-state index in [1.807, 2.05) is 25.9 Å². The molecule has 3 rings (SSSR count). The highest BCUT2D eigenvalue weighted by atomic mass is 16.2. The van der Waals surface area contributed by atoms with Gasteiger partial charge in [0.05, 0.1) is 23.9 Å². The summed E-state index contributed by atoms with van der Waals surface area (Å²) in [5.41, 5.74) is 6.00. The third kappa shape index (κ3) is 3.09. The van der Waals surface area contributed by atoms with Gasteiger partial charge in [0.25, 0.3) is 5.91 Å². The van der Waals surface area contributed by atoms with Crippen LogP contribution < -0.4 is 5.32 Å². The van der Waals surface area contributed by atoms with Crippen molar-refractivity contribution in [2.45, 2.75) is 26.8 Å². The molecule has 1 N–H and O–H groups in total. The summed E-state index contributed by atoms with van der Waals surface area (Å²) in [4.78, 5) is 31.1. The second kappa shape index (κ2) is 6.76. The normalized spacial score (nSPS) is 20.2. The van der Waals surface area contributed by atoms with Crippen LogP contribution in [0.4, 0.5) is 4.79 Å². The first-order valence-electron chi connectivity index (χ1n) is 8.99. The Kier molecular flexibility index (Phi) is 4.80. The van der Waals surface area contributed by atoms with Gasteiger partial charge in [-0.25, -0.2) is 4.79 Å². The quantitative estimate of drug-likeness (QED) is 0.897. The number of carbonyl (C=O) groups excluding carboxylic acids is 2. The molecule has 3 amide bonds. The van der Waals surface area contributed by atoms with Crippen molar-refractivity contribution in [2.75, 3.05) is 40.8 Å². The molecule has 26 heavy (non-hydrogen) atoms. The van der Waals surface area contributed by atoms with E-state index in [9.17, 15) is 9.59 Å². The third-order valence-corrected chi connectivity index (χ3v) is 5.45. The average Bonchev–Trinajstić information content (AvgIpc) is 2.90. The standard InChI is InChI=1S/C20H28N4O2/c1-12-9-14(3)15(10-13(12)2)18-17-16(23(6)20(26)21-18)11-24(19(17)25)8-7-22(4)5/h9-10,18H,7-8,11H2,1-6H3,(H,21,26). The van der Waals surface area contributed by atoms with Gasteiger partial charge in [-0.1, -0.05) is 12.1 Å². The van der Waals surface area contributed by atoms with Gasteiger partial charge in [0, 0.05) is 20.1 Å². The van der Waals surface area contributed by atoms with Crippen LogP contribution in [-0.4, -0.2) is 67.4 Å². The first kappa shape index (κ1) is 18.5. The van der Waals surface area contributed by atoms with Crippen LogP contribution in [-0.2, 0) is 4.79 Å². The number of carbonyl (C=O) groups is 2. The van der Waals surface area contributed by atoms with Crippen LogP contribution >= 0.6 is 0 Å². The Labute approximate surface area is 155 Å². The number of benzene rings is 1. The van der Waals surface area contributed by atoms with E-state index in [1.54, 1.807) is 11.9 Å². The number of hydrogen-bond acceptors (Lipinski definition) is 3. The summed E-state index contributed by atoms with van der Waals surface area (Å²) in [6, 6.07) is 3.68. The van der Waals surface area contributed by atoms with Crippen LogP contribution in [0.5, 0.6) is 0 Å². The highest BCUT2D eigenvalue weighted by molar-refractivity contribution is 6.01. The molecule has 1 unspecified atom stereocenters. The monoisotopic (exact) mass is 356 g/mol. The number of aryl methyl sites for hydroxylation is 3. The Morgan fingerprint density at radius 1 is 1.12 bits per heavy atom. The van der Waals surface area contributed by atoms with Crippen molar-refractivity contribution in [2.24, 2.45) is 0 Å². The maximum Gasteiger partial charge on any atom is 0.322 e. The molecule has 1 aromatic carbocycles. The molecule has 0 aliphatic carbocycles. The predicted molar refractivity (Wildman–Crippen MR) is 102 cm³/mol. The van der Waals surface area contributed by atoms with E-state index in [1.165, 1.54) is 5.56 Å². The second-order valence-corrected chi connectivity index (χ2v) is 7.62. The number of likely N-dealkylation sites (N-methyl/N-ethyl adjacent to an activating group) is 2. The van der Waals surface area contributed by atoms with Crippen molar-refractivity contribution in [3.8, 4) is 0 Å². The molecular weight excluding hydrogens is 328 g/mol. The molecule has 0 saturated heterocycles. The maximum absolute atomic E-state index is 13.1. The van der Waals surface area contributed by atoms with Gasteiger partial charge in [-0.2, -0.15) is 0 Å². The number of hydrogen-bond donors (Lipinski definition) is 1. The predicted octanol–water partition coefficient (Wildman–Crippen LogP) is 1.97. The maximum atomic E-state index is 13.1. The van der Waals surface area contributed by atoms with Crippen molar-refractivity contribution in [3.05, 3.63) is 45.7 Å². The van der Waals surface area contributed by atoms with Crippen molar-refractivity contribution < 1.29 is 9.59 Å². The van der Waals surface area contributed by atoms with Crippen molar-refractivity contribution >= 4 is 11.9 Å². The summed E-state index contributed by atoms with van der Waals surface area (Å²) < 4.78 is 0. The minimum atomic E-state index is -0.384. The van der Waals surface area contributed by atoms with Gasteiger partial charge in [-0.3, -0.25) is 9.69 Å². The molecule has 6 heteroatoms. The second-order valence-electron chi connectivity index (χ2n) is 7.62. The lowest BCUT2D eigenvalue weighted by Crippen LogP contribution is -2.45. The van der Waals surface area contributed by atoms with E-state index in [0.717, 1.165) is 28.9 Å². The molecule has 0 bridgehead atoms. The number of nitrogens with one attached hydrogen (secondary N) is 1. The highest BCUT2D eigenvalue weighted by Crippen LogP contribution is 2.37. The summed E-state index contributed by atoms with van der Waals surface area (Å²) in [7, 11) is 5.72. The minimum Gasteiger partial charge on any atom is -0.332 e. The zero-order chi connectivity index (χ0) is 19.2. The summed E-state index contributed by atoms with van der Waals surface area (Å²) >= 11 is 0. The molecule has 6 nitrogen and oxygen atoms in total. The van der Waals surface area contributed by atoms with Crippen LogP contribution in [0.2, 0.25) is 0 Å². The topological polar surface area (TPSA) is 55.9 Å². The SMILES string of the molecule is Cc1cc(C)c(C2NC(=O)N(C)C3=C2C(=O)N(CCN(C)C)C3)cc1C. The van der Waals surface area contributed by atoms with Gasteiger partial charge in [-0.15, -0.1) is 0 Å². The number of nitrogens with zero attached hydrogens (tertiary/aromatic N) is 3. The van der Waals surface area contributed by atoms with Crippen molar-refractivity contribution in [1.29, 1.82) is 0 Å². The van der Waals surface area contributed by atoms with Crippen LogP contribution in [0.1, 0.15) is 28.3 Å². The Morgan fingerprint density at radius 3 is 2.42 bits per heavy atom. The first-order chi connectivity index (χ1) is 12.2. The highest BCUT2D eigenvalue weighted by Gasteiger charge is 2.43. The first-order valence-corrected chi connectivity index (χ1v) is 8.99. The van der Waals surface area contributed by atoms with Crippen LogP contribution in [0.3, 0.4) is 0 Å². The molecular formula is C20H28N4O2.